The third-order valence-electron chi connectivity index (χ3n) is 8.29. The Morgan fingerprint density at radius 2 is 2.07 bits per heavy atom. The number of carbonyl (C=O) groups is 3. The van der Waals surface area contributed by atoms with Crippen molar-refractivity contribution in [2.45, 2.75) is 68.7 Å². The Bertz CT molecular complexity index is 1510. The van der Waals surface area contributed by atoms with Gasteiger partial charge in [0.15, 0.2) is 5.82 Å². The van der Waals surface area contributed by atoms with Gasteiger partial charge in [-0.1, -0.05) is 31.1 Å². The summed E-state index contributed by atoms with van der Waals surface area (Å²) in [6, 6.07) is 5.80. The third-order valence-corrected chi connectivity index (χ3v) is 9.10. The summed E-state index contributed by atoms with van der Waals surface area (Å²) < 4.78 is 11.5. The first kappa shape index (κ1) is 28.2. The maximum Gasteiger partial charge on any atom is 0.332 e. The molecule has 0 bridgehead atoms. The van der Waals surface area contributed by atoms with Gasteiger partial charge in [-0.2, -0.15) is 4.98 Å². The number of nitrogens with zero attached hydrogens (tertiary/aromatic N) is 4. The summed E-state index contributed by atoms with van der Waals surface area (Å²) in [4.78, 5) is 56.2. The largest absolute Gasteiger partial charge is 0.472 e. The highest BCUT2D eigenvalue weighted by Gasteiger charge is 2.62. The van der Waals surface area contributed by atoms with Gasteiger partial charge < -0.3 is 25.4 Å². The fourth-order valence-corrected chi connectivity index (χ4v) is 6.65. The Morgan fingerprint density at radius 1 is 1.19 bits per heavy atom. The van der Waals surface area contributed by atoms with E-state index >= 15 is 0 Å². The SMILES string of the molecule is COC(=O)[C@@]12C[C@@H]1/C=C\CCCCC[C@H](N)C(=O)N1C[C@H](Oc3nc(-c4ccccn4)nc4sccc34)C[C@H]1C(=O)N2. The van der Waals surface area contributed by atoms with Crippen LogP contribution in [0.15, 0.2) is 48.0 Å². The van der Waals surface area contributed by atoms with Crippen molar-refractivity contribution in [3.05, 3.63) is 48.0 Å². The van der Waals surface area contributed by atoms with Gasteiger partial charge in [-0.15, -0.1) is 11.3 Å². The van der Waals surface area contributed by atoms with Gasteiger partial charge in [0.25, 0.3) is 0 Å². The van der Waals surface area contributed by atoms with E-state index in [1.54, 1.807) is 6.20 Å². The van der Waals surface area contributed by atoms with Crippen LogP contribution in [0.4, 0.5) is 0 Å². The smallest absolute Gasteiger partial charge is 0.332 e. The first-order chi connectivity index (χ1) is 20.4. The monoisotopic (exact) mass is 590 g/mol. The summed E-state index contributed by atoms with van der Waals surface area (Å²) in [5.41, 5.74) is 5.83. The number of esters is 1. The molecule has 5 heterocycles. The summed E-state index contributed by atoms with van der Waals surface area (Å²) in [5, 5.41) is 5.60. The van der Waals surface area contributed by atoms with Gasteiger partial charge in [-0.25, -0.2) is 9.78 Å². The minimum Gasteiger partial charge on any atom is -0.472 e. The van der Waals surface area contributed by atoms with Crippen molar-refractivity contribution in [2.24, 2.45) is 11.7 Å². The number of fused-ring (bicyclic) bond motifs is 3. The highest BCUT2D eigenvalue weighted by Crippen LogP contribution is 2.46. The molecule has 3 N–H and O–H groups in total. The number of carbonyl (C=O) groups excluding carboxylic acids is 3. The molecule has 6 rings (SSSR count). The van der Waals surface area contributed by atoms with Crippen LogP contribution in [0.3, 0.4) is 0 Å². The number of ether oxygens (including phenoxy) is 2. The number of nitrogens with two attached hydrogens (primary N) is 1. The van der Waals surface area contributed by atoms with Gasteiger partial charge in [-0.3, -0.25) is 14.6 Å². The summed E-state index contributed by atoms with van der Waals surface area (Å²) in [7, 11) is 1.32. The van der Waals surface area contributed by atoms with E-state index in [4.69, 9.17) is 15.2 Å². The van der Waals surface area contributed by atoms with E-state index in [2.05, 4.69) is 26.3 Å². The number of aromatic nitrogens is 3. The predicted octanol–water partition coefficient (Wildman–Crippen LogP) is 3.00. The van der Waals surface area contributed by atoms with Crippen LogP contribution in [0.2, 0.25) is 0 Å². The zero-order valence-electron chi connectivity index (χ0n) is 23.4. The lowest BCUT2D eigenvalue weighted by molar-refractivity contribution is -0.148. The van der Waals surface area contributed by atoms with Crippen molar-refractivity contribution in [1.29, 1.82) is 0 Å². The van der Waals surface area contributed by atoms with E-state index in [-0.39, 0.29) is 24.8 Å². The molecule has 1 saturated carbocycles. The van der Waals surface area contributed by atoms with Crippen molar-refractivity contribution < 1.29 is 23.9 Å². The molecule has 42 heavy (non-hydrogen) atoms. The quantitative estimate of drug-likeness (QED) is 0.345. The van der Waals surface area contributed by atoms with E-state index in [1.165, 1.54) is 23.3 Å². The van der Waals surface area contributed by atoms with E-state index in [9.17, 15) is 14.4 Å². The molecule has 5 atom stereocenters. The second-order valence-corrected chi connectivity index (χ2v) is 12.0. The Hall–Kier alpha value is -3.90. The van der Waals surface area contributed by atoms with Crippen molar-refractivity contribution in [3.63, 3.8) is 0 Å². The van der Waals surface area contributed by atoms with Crippen LogP contribution < -0.4 is 15.8 Å². The Balaban J connectivity index is 1.29. The van der Waals surface area contributed by atoms with Gasteiger partial charge in [0, 0.05) is 18.5 Å². The maximum absolute atomic E-state index is 13.8. The minimum absolute atomic E-state index is 0.156. The Kier molecular flexibility index (Phi) is 7.91. The van der Waals surface area contributed by atoms with Gasteiger partial charge in [0.1, 0.15) is 28.2 Å². The van der Waals surface area contributed by atoms with E-state index in [1.807, 2.05) is 35.7 Å². The van der Waals surface area contributed by atoms with Crippen molar-refractivity contribution in [1.82, 2.24) is 25.2 Å². The molecule has 0 spiro atoms. The predicted molar refractivity (Wildman–Crippen MR) is 156 cm³/mol. The topological polar surface area (TPSA) is 150 Å². The Morgan fingerprint density at radius 3 is 2.88 bits per heavy atom. The number of pyridine rings is 1. The van der Waals surface area contributed by atoms with Gasteiger partial charge in [0.2, 0.25) is 17.7 Å². The zero-order valence-corrected chi connectivity index (χ0v) is 24.2. The molecule has 11 nitrogen and oxygen atoms in total. The number of allylic oxidation sites excluding steroid dienone is 1. The van der Waals surface area contributed by atoms with Crippen molar-refractivity contribution in [2.75, 3.05) is 13.7 Å². The van der Waals surface area contributed by atoms with E-state index < -0.39 is 35.6 Å². The first-order valence-electron chi connectivity index (χ1n) is 14.4. The summed E-state index contributed by atoms with van der Waals surface area (Å²) in [6.45, 7) is 0.160. The second kappa shape index (κ2) is 11.8. The van der Waals surface area contributed by atoms with Crippen LogP contribution in [-0.4, -0.2) is 75.0 Å². The first-order valence-corrected chi connectivity index (χ1v) is 15.2. The number of hydrogen-bond donors (Lipinski definition) is 2. The van der Waals surface area contributed by atoms with E-state index in [0.717, 1.165) is 35.9 Å². The van der Waals surface area contributed by atoms with Crippen LogP contribution in [-0.2, 0) is 19.1 Å². The number of nitrogens with one attached hydrogen (secondary N) is 1. The van der Waals surface area contributed by atoms with Crippen LogP contribution in [0.25, 0.3) is 21.7 Å². The number of amides is 2. The van der Waals surface area contributed by atoms with Gasteiger partial charge >= 0.3 is 5.97 Å². The molecular formula is C30H34N6O5S. The molecule has 3 aromatic rings. The normalized spacial score (nSPS) is 29.0. The molecule has 2 aliphatic heterocycles. The summed E-state index contributed by atoms with van der Waals surface area (Å²) in [5.74, 6) is -0.571. The fraction of sp³-hybridized carbons (Fsp3) is 0.467. The van der Waals surface area contributed by atoms with Gasteiger partial charge in [-0.05, 0) is 49.3 Å². The zero-order chi connectivity index (χ0) is 29.3. The van der Waals surface area contributed by atoms with Crippen LogP contribution >= 0.6 is 11.3 Å². The standard InChI is InChI=1S/C30H34N6O5S/c1-40-29(39)30-16-18(30)9-5-3-2-4-6-10-21(31)28(38)36-17-19(15-23(36)25(37)35-30)41-26-20-12-14-42-27(20)34-24(33-26)22-11-7-8-13-32-22/h5,7-9,11-14,18-19,21,23H,2-4,6,10,15-17,31H2,1H3,(H,35,37)/b9-5-/t18-,19+,21-,23-,30+/m0/s1. The van der Waals surface area contributed by atoms with E-state index in [0.29, 0.717) is 30.2 Å². The van der Waals surface area contributed by atoms with Crippen molar-refractivity contribution >= 4 is 39.3 Å². The molecule has 0 unspecified atom stereocenters. The molecule has 12 heteroatoms. The molecule has 220 valence electrons. The average Bonchev–Trinajstić information content (AvgIpc) is 3.31. The molecule has 1 aliphatic carbocycles. The lowest BCUT2D eigenvalue weighted by Gasteiger charge is -2.28. The molecule has 3 aromatic heterocycles. The average molecular weight is 591 g/mol. The van der Waals surface area contributed by atoms with Crippen LogP contribution in [0.1, 0.15) is 44.9 Å². The highest BCUT2D eigenvalue weighted by atomic mass is 32.1. The summed E-state index contributed by atoms with van der Waals surface area (Å²) >= 11 is 1.46. The number of rotatable bonds is 4. The molecule has 1 saturated heterocycles. The van der Waals surface area contributed by atoms with Crippen molar-refractivity contribution in [3.8, 4) is 17.4 Å². The molecule has 2 fully saturated rings. The third kappa shape index (κ3) is 5.48. The van der Waals surface area contributed by atoms with Crippen LogP contribution in [0.5, 0.6) is 5.88 Å². The van der Waals surface area contributed by atoms with Gasteiger partial charge in [0.05, 0.1) is 25.1 Å². The number of hydrogen-bond acceptors (Lipinski definition) is 10. The lowest BCUT2D eigenvalue weighted by Crippen LogP contribution is -2.55. The maximum atomic E-state index is 13.8. The molecule has 2 amide bonds. The van der Waals surface area contributed by atoms with Crippen LogP contribution in [0, 0.1) is 5.92 Å². The molecule has 0 radical (unpaired) electrons. The Labute approximate surface area is 247 Å². The molecular weight excluding hydrogens is 556 g/mol. The fourth-order valence-electron chi connectivity index (χ4n) is 5.90. The number of methoxy groups -OCH3 is 1. The lowest BCUT2D eigenvalue weighted by atomic mass is 10.1. The molecule has 0 aromatic carbocycles. The number of thiophene rings is 1. The summed E-state index contributed by atoms with van der Waals surface area (Å²) in [6.07, 6.45) is 9.97. The molecule has 3 aliphatic rings. The minimum atomic E-state index is -1.13. The second-order valence-electron chi connectivity index (χ2n) is 11.1. The highest BCUT2D eigenvalue weighted by molar-refractivity contribution is 7.16.